The molecule has 0 bridgehead atoms. The summed E-state index contributed by atoms with van der Waals surface area (Å²) in [5.41, 5.74) is 0.986. The van der Waals surface area contributed by atoms with E-state index in [-0.39, 0.29) is 5.91 Å². The van der Waals surface area contributed by atoms with E-state index >= 15 is 0 Å². The van der Waals surface area contributed by atoms with Gasteiger partial charge in [-0.05, 0) is 26.0 Å². The molecule has 0 saturated carbocycles. The highest BCUT2D eigenvalue weighted by Crippen LogP contribution is 2.10. The van der Waals surface area contributed by atoms with Crippen LogP contribution in [0.15, 0.2) is 18.3 Å². The molecule has 0 aliphatic carbocycles. The molecular weight excluding hydrogens is 310 g/mol. The largest absolute Gasteiger partial charge is 0.477 e. The fraction of sp³-hybridized carbons (Fsp3) is 0.562. The first-order valence-electron chi connectivity index (χ1n) is 8.34. The van der Waals surface area contributed by atoms with E-state index in [9.17, 15) is 4.79 Å². The Hall–Kier alpha value is -2.19. The number of rotatable bonds is 7. The second kappa shape index (κ2) is 8.07. The first-order valence-corrected chi connectivity index (χ1v) is 8.34. The van der Waals surface area contributed by atoms with E-state index in [1.807, 2.05) is 6.92 Å². The lowest BCUT2D eigenvalue weighted by atomic mass is 10.3. The average Bonchev–Trinajstić information content (AvgIpc) is 3.03. The Morgan fingerprint density at radius 1 is 1.38 bits per heavy atom. The number of hydrogen-bond donors (Lipinski definition) is 1. The predicted octanol–water partition coefficient (Wildman–Crippen LogP) is 0.580. The molecule has 0 spiro atoms. The highest BCUT2D eigenvalue weighted by atomic mass is 16.5. The van der Waals surface area contributed by atoms with Gasteiger partial charge in [0.05, 0.1) is 26.0 Å². The van der Waals surface area contributed by atoms with Crippen molar-refractivity contribution in [3.8, 4) is 5.88 Å². The Bertz CT molecular complexity index is 681. The van der Waals surface area contributed by atoms with Crippen LogP contribution in [0, 0.1) is 0 Å². The summed E-state index contributed by atoms with van der Waals surface area (Å²) in [5, 5.41) is 7.17. The van der Waals surface area contributed by atoms with Gasteiger partial charge < -0.3 is 14.8 Å². The lowest BCUT2D eigenvalue weighted by molar-refractivity contribution is 0.0374. The van der Waals surface area contributed by atoms with Crippen molar-refractivity contribution in [2.24, 2.45) is 0 Å². The molecule has 2 aromatic heterocycles. The van der Waals surface area contributed by atoms with Crippen molar-refractivity contribution in [3.63, 3.8) is 0 Å². The SMILES string of the molecule is CCOc1ccc2nc(C(=O)NCCCN3CCOCC3)cn2n1. The van der Waals surface area contributed by atoms with E-state index in [1.165, 1.54) is 0 Å². The monoisotopic (exact) mass is 333 g/mol. The first-order chi connectivity index (χ1) is 11.8. The number of imidazole rings is 1. The van der Waals surface area contributed by atoms with Gasteiger partial charge in [0, 0.05) is 25.7 Å². The third-order valence-electron chi connectivity index (χ3n) is 3.86. The van der Waals surface area contributed by atoms with Crippen LogP contribution in [-0.2, 0) is 4.74 Å². The van der Waals surface area contributed by atoms with Crippen LogP contribution in [0.2, 0.25) is 0 Å². The standard InChI is InChI=1S/C16H23N5O3/c1-2-24-15-5-4-14-18-13(12-21(14)19-15)16(22)17-6-3-7-20-8-10-23-11-9-20/h4-5,12H,2-3,6-11H2,1H3,(H,17,22). The third-order valence-corrected chi connectivity index (χ3v) is 3.86. The summed E-state index contributed by atoms with van der Waals surface area (Å²) in [6.45, 7) is 7.56. The van der Waals surface area contributed by atoms with Crippen LogP contribution >= 0.6 is 0 Å². The van der Waals surface area contributed by atoms with Crippen LogP contribution in [-0.4, -0.2) is 71.4 Å². The Kier molecular flexibility index (Phi) is 5.60. The smallest absolute Gasteiger partial charge is 0.271 e. The van der Waals surface area contributed by atoms with Gasteiger partial charge in [-0.3, -0.25) is 9.69 Å². The zero-order valence-corrected chi connectivity index (χ0v) is 13.9. The first kappa shape index (κ1) is 16.7. The Morgan fingerprint density at radius 3 is 3.00 bits per heavy atom. The summed E-state index contributed by atoms with van der Waals surface area (Å²) in [4.78, 5) is 18.8. The molecular formula is C16H23N5O3. The van der Waals surface area contributed by atoms with Gasteiger partial charge in [0.1, 0.15) is 5.69 Å². The highest BCUT2D eigenvalue weighted by Gasteiger charge is 2.13. The van der Waals surface area contributed by atoms with Crippen molar-refractivity contribution in [1.82, 2.24) is 24.8 Å². The quantitative estimate of drug-likeness (QED) is 0.747. The van der Waals surface area contributed by atoms with Gasteiger partial charge in [-0.1, -0.05) is 0 Å². The summed E-state index contributed by atoms with van der Waals surface area (Å²) in [6, 6.07) is 3.53. The number of hydrogen-bond acceptors (Lipinski definition) is 6. The minimum absolute atomic E-state index is 0.180. The Morgan fingerprint density at radius 2 is 2.21 bits per heavy atom. The van der Waals surface area contributed by atoms with Gasteiger partial charge in [-0.15, -0.1) is 5.10 Å². The normalized spacial score (nSPS) is 15.5. The van der Waals surface area contributed by atoms with Crippen LogP contribution in [0.1, 0.15) is 23.8 Å². The maximum absolute atomic E-state index is 12.2. The molecule has 0 unspecified atom stereocenters. The number of fused-ring (bicyclic) bond motifs is 1. The van der Waals surface area contributed by atoms with Crippen molar-refractivity contribution in [2.45, 2.75) is 13.3 Å². The van der Waals surface area contributed by atoms with Crippen LogP contribution in [0.25, 0.3) is 5.65 Å². The Balaban J connectivity index is 1.50. The molecule has 1 saturated heterocycles. The van der Waals surface area contributed by atoms with E-state index in [0.717, 1.165) is 39.3 Å². The van der Waals surface area contributed by atoms with Crippen LogP contribution < -0.4 is 10.1 Å². The number of amides is 1. The van der Waals surface area contributed by atoms with Crippen molar-refractivity contribution in [3.05, 3.63) is 24.0 Å². The number of carbonyl (C=O) groups is 1. The third kappa shape index (κ3) is 4.21. The number of ether oxygens (including phenoxy) is 2. The number of nitrogens with zero attached hydrogens (tertiary/aromatic N) is 4. The van der Waals surface area contributed by atoms with Crippen LogP contribution in [0.4, 0.5) is 0 Å². The molecule has 1 N–H and O–H groups in total. The second-order valence-corrected chi connectivity index (χ2v) is 5.60. The number of aromatic nitrogens is 3. The van der Waals surface area contributed by atoms with E-state index in [4.69, 9.17) is 9.47 Å². The molecule has 0 atom stereocenters. The lowest BCUT2D eigenvalue weighted by Gasteiger charge is -2.26. The summed E-state index contributed by atoms with van der Waals surface area (Å²) >= 11 is 0. The molecule has 1 amide bonds. The molecule has 8 heteroatoms. The van der Waals surface area contributed by atoms with E-state index in [1.54, 1.807) is 22.8 Å². The zero-order valence-electron chi connectivity index (χ0n) is 13.9. The van der Waals surface area contributed by atoms with Crippen LogP contribution in [0.3, 0.4) is 0 Å². The van der Waals surface area contributed by atoms with Gasteiger partial charge in [0.25, 0.3) is 5.91 Å². The number of morpholine rings is 1. The van der Waals surface area contributed by atoms with Gasteiger partial charge in [-0.25, -0.2) is 9.50 Å². The topological polar surface area (TPSA) is 81.0 Å². The molecule has 3 rings (SSSR count). The van der Waals surface area contributed by atoms with Gasteiger partial charge in [-0.2, -0.15) is 0 Å². The van der Waals surface area contributed by atoms with Crippen molar-refractivity contribution >= 4 is 11.6 Å². The van der Waals surface area contributed by atoms with Gasteiger partial charge in [0.15, 0.2) is 5.65 Å². The summed E-state index contributed by atoms with van der Waals surface area (Å²) < 4.78 is 12.2. The predicted molar refractivity (Wildman–Crippen MR) is 88.4 cm³/mol. The van der Waals surface area contributed by atoms with E-state index < -0.39 is 0 Å². The molecule has 1 aliphatic rings. The molecule has 1 aliphatic heterocycles. The average molecular weight is 333 g/mol. The van der Waals surface area contributed by atoms with Gasteiger partial charge in [0.2, 0.25) is 5.88 Å². The molecule has 0 aromatic carbocycles. The maximum Gasteiger partial charge on any atom is 0.271 e. The molecule has 2 aromatic rings. The fourth-order valence-corrected chi connectivity index (χ4v) is 2.62. The summed E-state index contributed by atoms with van der Waals surface area (Å²) in [6.07, 6.45) is 2.53. The summed E-state index contributed by atoms with van der Waals surface area (Å²) in [7, 11) is 0. The minimum atomic E-state index is -0.180. The maximum atomic E-state index is 12.2. The Labute approximate surface area is 140 Å². The highest BCUT2D eigenvalue weighted by molar-refractivity contribution is 5.92. The van der Waals surface area contributed by atoms with E-state index in [2.05, 4.69) is 20.3 Å². The number of carbonyl (C=O) groups excluding carboxylic acids is 1. The number of nitrogens with one attached hydrogen (secondary N) is 1. The molecule has 1 fully saturated rings. The molecule has 3 heterocycles. The molecule has 130 valence electrons. The molecule has 0 radical (unpaired) electrons. The summed E-state index contributed by atoms with van der Waals surface area (Å²) in [5.74, 6) is 0.334. The van der Waals surface area contributed by atoms with Gasteiger partial charge >= 0.3 is 0 Å². The van der Waals surface area contributed by atoms with Crippen molar-refractivity contribution in [2.75, 3.05) is 46.0 Å². The minimum Gasteiger partial charge on any atom is -0.477 e. The molecule has 8 nitrogen and oxygen atoms in total. The van der Waals surface area contributed by atoms with Crippen molar-refractivity contribution < 1.29 is 14.3 Å². The van der Waals surface area contributed by atoms with Crippen molar-refractivity contribution in [1.29, 1.82) is 0 Å². The molecule has 24 heavy (non-hydrogen) atoms. The van der Waals surface area contributed by atoms with E-state index in [0.29, 0.717) is 30.4 Å². The zero-order chi connectivity index (χ0) is 16.8. The van der Waals surface area contributed by atoms with Crippen LogP contribution in [0.5, 0.6) is 5.88 Å². The lowest BCUT2D eigenvalue weighted by Crippen LogP contribution is -2.38. The fourth-order valence-electron chi connectivity index (χ4n) is 2.62. The second-order valence-electron chi connectivity index (χ2n) is 5.60.